The summed E-state index contributed by atoms with van der Waals surface area (Å²) in [5.41, 5.74) is 6.46. The lowest BCUT2D eigenvalue weighted by atomic mass is 10.2. The van der Waals surface area contributed by atoms with E-state index < -0.39 is 0 Å². The van der Waals surface area contributed by atoms with Crippen LogP contribution in [0.5, 0.6) is 0 Å². The molecule has 0 aliphatic carbocycles. The average Bonchev–Trinajstić information content (AvgIpc) is 2.17. The molecule has 0 spiro atoms. The number of nitrogens with one attached hydrogen (secondary N) is 1. The predicted molar refractivity (Wildman–Crippen MR) is 58.2 cm³/mol. The van der Waals surface area contributed by atoms with E-state index in [2.05, 4.69) is 17.2 Å². The normalized spacial score (nSPS) is 12.4. The van der Waals surface area contributed by atoms with E-state index in [9.17, 15) is 0 Å². The fourth-order valence-electron chi connectivity index (χ4n) is 1.15. The van der Waals surface area contributed by atoms with E-state index in [1.165, 1.54) is 0 Å². The molecular weight excluding hydrogens is 178 g/mol. The second-order valence-electron chi connectivity index (χ2n) is 3.41. The van der Waals surface area contributed by atoms with Gasteiger partial charge in [0.1, 0.15) is 5.82 Å². The number of pyridine rings is 1. The molecule has 0 aliphatic rings. The third-order valence-corrected chi connectivity index (χ3v) is 1.89. The van der Waals surface area contributed by atoms with Crippen molar-refractivity contribution in [2.45, 2.75) is 6.92 Å². The van der Waals surface area contributed by atoms with Gasteiger partial charge >= 0.3 is 0 Å². The van der Waals surface area contributed by atoms with Crippen LogP contribution >= 0.6 is 0 Å². The smallest absolute Gasteiger partial charge is 0.123 e. The average molecular weight is 195 g/mol. The van der Waals surface area contributed by atoms with Gasteiger partial charge in [0.2, 0.25) is 0 Å². The first kappa shape index (κ1) is 10.8. The third kappa shape index (κ3) is 3.62. The molecule has 0 amide bonds. The minimum absolute atomic E-state index is 0.484. The van der Waals surface area contributed by atoms with Crippen molar-refractivity contribution in [3.63, 3.8) is 0 Å². The summed E-state index contributed by atoms with van der Waals surface area (Å²) < 4.78 is 5.04. The molecule has 0 radical (unpaired) electrons. The molecule has 1 heterocycles. The summed E-state index contributed by atoms with van der Waals surface area (Å²) in [6.07, 6.45) is 1.73. The zero-order valence-corrected chi connectivity index (χ0v) is 8.66. The van der Waals surface area contributed by atoms with Gasteiger partial charge in [-0.05, 0) is 18.1 Å². The Bertz CT molecular complexity index is 261. The fraction of sp³-hybridized carbons (Fsp3) is 0.500. The summed E-state index contributed by atoms with van der Waals surface area (Å²) >= 11 is 0. The number of rotatable bonds is 5. The zero-order chi connectivity index (χ0) is 10.4. The van der Waals surface area contributed by atoms with Gasteiger partial charge in [0, 0.05) is 13.7 Å². The molecular formula is C10H17N3O. The van der Waals surface area contributed by atoms with Crippen molar-refractivity contribution in [2.75, 3.05) is 31.3 Å². The Kier molecular flexibility index (Phi) is 4.19. The molecule has 1 unspecified atom stereocenters. The molecule has 0 saturated carbocycles. The van der Waals surface area contributed by atoms with E-state index in [1.807, 2.05) is 6.07 Å². The number of hydrogen-bond acceptors (Lipinski definition) is 4. The molecule has 3 N–H and O–H groups in total. The molecule has 1 aromatic rings. The fourth-order valence-corrected chi connectivity index (χ4v) is 1.15. The van der Waals surface area contributed by atoms with Crippen molar-refractivity contribution in [3.8, 4) is 0 Å². The molecule has 0 bridgehead atoms. The van der Waals surface area contributed by atoms with Gasteiger partial charge in [-0.2, -0.15) is 0 Å². The van der Waals surface area contributed by atoms with E-state index in [0.29, 0.717) is 11.7 Å². The van der Waals surface area contributed by atoms with Crippen LogP contribution in [0.3, 0.4) is 0 Å². The van der Waals surface area contributed by atoms with Gasteiger partial charge in [-0.1, -0.05) is 6.92 Å². The summed E-state index contributed by atoms with van der Waals surface area (Å²) in [6.45, 7) is 3.76. The maximum atomic E-state index is 5.47. The lowest BCUT2D eigenvalue weighted by Gasteiger charge is -2.12. The highest BCUT2D eigenvalue weighted by atomic mass is 16.5. The van der Waals surface area contributed by atoms with Gasteiger partial charge in [0.15, 0.2) is 0 Å². The second-order valence-corrected chi connectivity index (χ2v) is 3.41. The summed E-state index contributed by atoms with van der Waals surface area (Å²) in [7, 11) is 1.71. The molecule has 0 saturated heterocycles. The van der Waals surface area contributed by atoms with Gasteiger partial charge in [-0.25, -0.2) is 4.98 Å². The summed E-state index contributed by atoms with van der Waals surface area (Å²) in [4.78, 5) is 3.99. The summed E-state index contributed by atoms with van der Waals surface area (Å²) in [5.74, 6) is 1.03. The van der Waals surface area contributed by atoms with Crippen molar-refractivity contribution in [3.05, 3.63) is 18.3 Å². The van der Waals surface area contributed by atoms with Crippen LogP contribution in [0, 0.1) is 5.92 Å². The predicted octanol–water partition coefficient (Wildman–Crippen LogP) is 1.36. The van der Waals surface area contributed by atoms with Crippen molar-refractivity contribution >= 4 is 11.5 Å². The van der Waals surface area contributed by atoms with Crippen molar-refractivity contribution in [1.29, 1.82) is 0 Å². The Balaban J connectivity index is 2.34. The molecule has 0 aromatic carbocycles. The Hall–Kier alpha value is -1.29. The Labute approximate surface area is 84.5 Å². The molecule has 4 heteroatoms. The Morgan fingerprint density at radius 3 is 2.93 bits per heavy atom. The molecule has 1 rings (SSSR count). The molecule has 78 valence electrons. The van der Waals surface area contributed by atoms with Crippen LogP contribution < -0.4 is 11.1 Å². The third-order valence-electron chi connectivity index (χ3n) is 1.89. The standard InChI is InChI=1S/C10H17N3O/c1-8(7-14-2)5-12-9-3-4-10(11)13-6-9/h3-4,6,8,12H,5,7H2,1-2H3,(H2,11,13). The number of hydrogen-bond donors (Lipinski definition) is 2. The number of aromatic nitrogens is 1. The summed E-state index contributed by atoms with van der Waals surface area (Å²) in [5, 5.41) is 3.26. The first-order chi connectivity index (χ1) is 6.72. The largest absolute Gasteiger partial charge is 0.384 e. The molecule has 0 aliphatic heterocycles. The second kappa shape index (κ2) is 5.44. The van der Waals surface area contributed by atoms with Gasteiger partial charge in [0.05, 0.1) is 18.5 Å². The van der Waals surface area contributed by atoms with Crippen LogP contribution in [0.1, 0.15) is 6.92 Å². The van der Waals surface area contributed by atoms with E-state index in [0.717, 1.165) is 18.8 Å². The van der Waals surface area contributed by atoms with Crippen LogP contribution in [-0.2, 0) is 4.74 Å². The molecule has 4 nitrogen and oxygen atoms in total. The number of nitrogens with two attached hydrogens (primary N) is 1. The Morgan fingerprint density at radius 1 is 1.57 bits per heavy atom. The van der Waals surface area contributed by atoms with Crippen LogP contribution in [0.4, 0.5) is 11.5 Å². The molecule has 1 aromatic heterocycles. The lowest BCUT2D eigenvalue weighted by molar-refractivity contribution is 0.164. The van der Waals surface area contributed by atoms with Gasteiger partial charge in [-0.3, -0.25) is 0 Å². The van der Waals surface area contributed by atoms with E-state index >= 15 is 0 Å². The van der Waals surface area contributed by atoms with Crippen LogP contribution in [0.15, 0.2) is 18.3 Å². The van der Waals surface area contributed by atoms with Crippen LogP contribution in [0.2, 0.25) is 0 Å². The molecule has 0 fully saturated rings. The minimum Gasteiger partial charge on any atom is -0.384 e. The van der Waals surface area contributed by atoms with E-state index in [1.54, 1.807) is 19.4 Å². The Morgan fingerprint density at radius 2 is 2.36 bits per heavy atom. The maximum absolute atomic E-state index is 5.47. The summed E-state index contributed by atoms with van der Waals surface area (Å²) in [6, 6.07) is 3.70. The van der Waals surface area contributed by atoms with Crippen molar-refractivity contribution in [2.24, 2.45) is 5.92 Å². The zero-order valence-electron chi connectivity index (χ0n) is 8.66. The molecule has 1 atom stereocenters. The van der Waals surface area contributed by atoms with Crippen molar-refractivity contribution in [1.82, 2.24) is 4.98 Å². The SMILES string of the molecule is COCC(C)CNc1ccc(N)nc1. The highest BCUT2D eigenvalue weighted by Gasteiger charge is 2.00. The van der Waals surface area contributed by atoms with Gasteiger partial charge in [0.25, 0.3) is 0 Å². The first-order valence-electron chi connectivity index (χ1n) is 4.66. The lowest BCUT2D eigenvalue weighted by Crippen LogP contribution is -2.15. The minimum atomic E-state index is 0.484. The topological polar surface area (TPSA) is 60.2 Å². The number of ether oxygens (including phenoxy) is 1. The number of nitrogen functional groups attached to an aromatic ring is 1. The first-order valence-corrected chi connectivity index (χ1v) is 4.66. The highest BCUT2D eigenvalue weighted by molar-refractivity contribution is 5.45. The van der Waals surface area contributed by atoms with E-state index in [-0.39, 0.29) is 0 Å². The quantitative estimate of drug-likeness (QED) is 0.744. The highest BCUT2D eigenvalue weighted by Crippen LogP contribution is 2.07. The number of nitrogens with zero attached hydrogens (tertiary/aromatic N) is 1. The molecule has 14 heavy (non-hydrogen) atoms. The van der Waals surface area contributed by atoms with Crippen LogP contribution in [0.25, 0.3) is 0 Å². The number of anilines is 2. The van der Waals surface area contributed by atoms with Gasteiger partial charge in [-0.15, -0.1) is 0 Å². The number of methoxy groups -OCH3 is 1. The maximum Gasteiger partial charge on any atom is 0.123 e. The van der Waals surface area contributed by atoms with Crippen LogP contribution in [-0.4, -0.2) is 25.2 Å². The van der Waals surface area contributed by atoms with Crippen molar-refractivity contribution < 1.29 is 4.74 Å². The van der Waals surface area contributed by atoms with E-state index in [4.69, 9.17) is 10.5 Å². The monoisotopic (exact) mass is 195 g/mol. The van der Waals surface area contributed by atoms with Gasteiger partial charge < -0.3 is 15.8 Å².